The lowest BCUT2D eigenvalue weighted by molar-refractivity contribution is -0.385. The highest BCUT2D eigenvalue weighted by atomic mass is 32.2. The van der Waals surface area contributed by atoms with Gasteiger partial charge in [-0.2, -0.15) is 4.31 Å². The van der Waals surface area contributed by atoms with E-state index in [2.05, 4.69) is 4.72 Å². The van der Waals surface area contributed by atoms with Crippen molar-refractivity contribution in [1.29, 1.82) is 0 Å². The van der Waals surface area contributed by atoms with E-state index in [1.807, 2.05) is 0 Å². The van der Waals surface area contributed by atoms with Crippen molar-refractivity contribution < 1.29 is 26.7 Å². The normalized spacial score (nSPS) is 14.3. The van der Waals surface area contributed by atoms with Crippen molar-refractivity contribution in [3.05, 3.63) is 79.9 Å². The zero-order valence-corrected chi connectivity index (χ0v) is 19.0. The van der Waals surface area contributed by atoms with Crippen LogP contribution in [0.4, 0.5) is 11.4 Å². The van der Waals surface area contributed by atoms with Gasteiger partial charge in [0.1, 0.15) is 0 Å². The molecule has 0 radical (unpaired) electrons. The maximum Gasteiger partial charge on any atom is 0.269 e. The highest BCUT2D eigenvalue weighted by molar-refractivity contribution is 7.88. The minimum atomic E-state index is -3.79. The van der Waals surface area contributed by atoms with Gasteiger partial charge >= 0.3 is 0 Å². The minimum absolute atomic E-state index is 0.0561. The third-order valence-electron chi connectivity index (χ3n) is 4.97. The average molecular weight is 499 g/mol. The molecule has 2 aromatic rings. The first-order valence-electron chi connectivity index (χ1n) is 9.90. The molecule has 0 bridgehead atoms. The summed E-state index contributed by atoms with van der Waals surface area (Å²) < 4.78 is 54.1. The highest BCUT2D eigenvalue weighted by Gasteiger charge is 2.37. The van der Waals surface area contributed by atoms with Crippen molar-refractivity contribution in [2.45, 2.75) is 30.4 Å². The van der Waals surface area contributed by atoms with Crippen molar-refractivity contribution in [2.24, 2.45) is 0 Å². The Labute approximate surface area is 190 Å². The molecule has 1 aliphatic rings. The fourth-order valence-electron chi connectivity index (χ4n) is 3.21. The second-order valence-electron chi connectivity index (χ2n) is 7.60. The molecule has 0 atom stereocenters. The smallest absolute Gasteiger partial charge is 0.258 e. The zero-order valence-electron chi connectivity index (χ0n) is 17.4. The van der Waals surface area contributed by atoms with Crippen molar-refractivity contribution in [3.8, 4) is 0 Å². The first-order valence-corrected chi connectivity index (χ1v) is 13.2. The Balaban J connectivity index is 1.59. The number of rotatable bonds is 12. The van der Waals surface area contributed by atoms with Gasteiger partial charge in [0.2, 0.25) is 20.0 Å². The number of benzene rings is 2. The van der Waals surface area contributed by atoms with Gasteiger partial charge in [0, 0.05) is 43.4 Å². The molecule has 0 aromatic heterocycles. The molecule has 14 heteroatoms. The second-order valence-corrected chi connectivity index (χ2v) is 11.3. The molecular formula is C19H22N4O8S2. The maximum atomic E-state index is 12.9. The van der Waals surface area contributed by atoms with Gasteiger partial charge in [0.15, 0.2) is 0 Å². The van der Waals surface area contributed by atoms with Crippen LogP contribution < -0.4 is 4.72 Å². The van der Waals surface area contributed by atoms with Crippen LogP contribution in [0, 0.1) is 20.2 Å². The van der Waals surface area contributed by atoms with E-state index in [0.29, 0.717) is 24.0 Å². The molecule has 0 amide bonds. The van der Waals surface area contributed by atoms with E-state index < -0.39 is 35.6 Å². The summed E-state index contributed by atoms with van der Waals surface area (Å²) in [7, 11) is -7.56. The Morgan fingerprint density at radius 3 is 1.70 bits per heavy atom. The summed E-state index contributed by atoms with van der Waals surface area (Å²) in [5, 5.41) is 21.5. The summed E-state index contributed by atoms with van der Waals surface area (Å²) in [4.78, 5) is 20.3. The molecule has 1 saturated carbocycles. The summed E-state index contributed by atoms with van der Waals surface area (Å²) in [5.74, 6) is -0.749. The fourth-order valence-corrected chi connectivity index (χ4v) is 6.16. The number of nitrogens with zero attached hydrogens (tertiary/aromatic N) is 3. The number of nitro groups is 2. The number of hydrogen-bond acceptors (Lipinski definition) is 8. The third-order valence-corrected chi connectivity index (χ3v) is 8.22. The average Bonchev–Trinajstić information content (AvgIpc) is 3.56. The zero-order chi connectivity index (χ0) is 24.2. The summed E-state index contributed by atoms with van der Waals surface area (Å²) in [6.45, 7) is -0.190. The van der Waals surface area contributed by atoms with E-state index in [9.17, 15) is 37.1 Å². The van der Waals surface area contributed by atoms with Gasteiger partial charge in [-0.1, -0.05) is 24.3 Å². The van der Waals surface area contributed by atoms with Gasteiger partial charge in [0.05, 0.1) is 21.4 Å². The summed E-state index contributed by atoms with van der Waals surface area (Å²) in [6.07, 6.45) is 1.35. The van der Waals surface area contributed by atoms with Crippen LogP contribution in [0.3, 0.4) is 0 Å². The van der Waals surface area contributed by atoms with Crippen LogP contribution >= 0.6 is 0 Å². The minimum Gasteiger partial charge on any atom is -0.258 e. The number of nitrogens with one attached hydrogen (secondary N) is 1. The summed E-state index contributed by atoms with van der Waals surface area (Å²) in [6, 6.07) is 10.2. The van der Waals surface area contributed by atoms with Gasteiger partial charge < -0.3 is 0 Å². The van der Waals surface area contributed by atoms with E-state index in [-0.39, 0.29) is 36.3 Å². The van der Waals surface area contributed by atoms with Crippen LogP contribution in [-0.2, 0) is 31.6 Å². The fraction of sp³-hybridized carbons (Fsp3) is 0.368. The second kappa shape index (κ2) is 9.91. The van der Waals surface area contributed by atoms with Crippen molar-refractivity contribution >= 4 is 31.4 Å². The highest BCUT2D eigenvalue weighted by Crippen LogP contribution is 2.30. The molecule has 0 aliphatic heterocycles. The molecular weight excluding hydrogens is 476 g/mol. The number of nitro benzene ring substituents is 2. The predicted octanol–water partition coefficient (Wildman–Crippen LogP) is 1.92. The summed E-state index contributed by atoms with van der Waals surface area (Å²) in [5.41, 5.74) is 0.461. The van der Waals surface area contributed by atoms with Crippen LogP contribution in [0.1, 0.15) is 24.0 Å². The summed E-state index contributed by atoms with van der Waals surface area (Å²) >= 11 is 0. The molecule has 2 aromatic carbocycles. The Morgan fingerprint density at radius 2 is 1.27 bits per heavy atom. The van der Waals surface area contributed by atoms with Crippen molar-refractivity contribution in [3.63, 3.8) is 0 Å². The van der Waals surface area contributed by atoms with E-state index >= 15 is 0 Å². The molecule has 33 heavy (non-hydrogen) atoms. The van der Waals surface area contributed by atoms with Crippen LogP contribution in [0.25, 0.3) is 0 Å². The molecule has 0 spiro atoms. The first-order chi connectivity index (χ1) is 15.5. The molecule has 1 aliphatic carbocycles. The van der Waals surface area contributed by atoms with Gasteiger partial charge in [-0.3, -0.25) is 20.2 Å². The van der Waals surface area contributed by atoms with Gasteiger partial charge in [-0.05, 0) is 24.0 Å². The molecule has 3 rings (SSSR count). The number of hydrogen-bond donors (Lipinski definition) is 1. The lowest BCUT2D eigenvalue weighted by atomic mass is 10.2. The predicted molar refractivity (Wildman–Crippen MR) is 119 cm³/mol. The maximum absolute atomic E-state index is 12.9. The standard InChI is InChI=1S/C19H22N4O8S2/c24-22(25)18-5-1-15(2-6-18)13-32(28,29)20-11-12-21(17-9-10-17)33(30,31)14-16-3-7-19(8-4-16)23(26)27/h1-8,17,20H,9-14H2. The SMILES string of the molecule is O=[N+]([O-])c1ccc(CS(=O)(=O)NCCN(C2CC2)S(=O)(=O)Cc2ccc([N+](=O)[O-])cc2)cc1. The molecule has 0 saturated heterocycles. The van der Waals surface area contributed by atoms with Gasteiger partial charge in [0.25, 0.3) is 11.4 Å². The lowest BCUT2D eigenvalue weighted by Gasteiger charge is -2.22. The van der Waals surface area contributed by atoms with E-state index in [0.717, 1.165) is 0 Å². The van der Waals surface area contributed by atoms with Crippen LogP contribution in [-0.4, -0.2) is 50.1 Å². The molecule has 12 nitrogen and oxygen atoms in total. The third kappa shape index (κ3) is 7.02. The molecule has 1 fully saturated rings. The Hall–Kier alpha value is -2.94. The van der Waals surface area contributed by atoms with E-state index in [4.69, 9.17) is 0 Å². The van der Waals surface area contributed by atoms with Crippen LogP contribution in [0.15, 0.2) is 48.5 Å². The van der Waals surface area contributed by atoms with E-state index in [1.165, 1.54) is 52.8 Å². The molecule has 178 valence electrons. The first kappa shape index (κ1) is 24.7. The quantitative estimate of drug-likeness (QED) is 0.342. The largest absolute Gasteiger partial charge is 0.269 e. The van der Waals surface area contributed by atoms with Gasteiger partial charge in [-0.25, -0.2) is 21.6 Å². The lowest BCUT2D eigenvalue weighted by Crippen LogP contribution is -2.40. The molecule has 0 heterocycles. The topological polar surface area (TPSA) is 170 Å². The van der Waals surface area contributed by atoms with Gasteiger partial charge in [-0.15, -0.1) is 0 Å². The Kier molecular flexibility index (Phi) is 7.41. The Bertz CT molecular complexity index is 1230. The molecule has 1 N–H and O–H groups in total. The molecule has 0 unspecified atom stereocenters. The monoisotopic (exact) mass is 498 g/mol. The number of sulfonamides is 2. The Morgan fingerprint density at radius 1 is 0.818 bits per heavy atom. The van der Waals surface area contributed by atoms with Crippen LogP contribution in [0.2, 0.25) is 0 Å². The van der Waals surface area contributed by atoms with Crippen LogP contribution in [0.5, 0.6) is 0 Å². The van der Waals surface area contributed by atoms with E-state index in [1.54, 1.807) is 0 Å². The van der Waals surface area contributed by atoms with Crippen molar-refractivity contribution in [2.75, 3.05) is 13.1 Å². The number of non-ortho nitro benzene ring substituents is 2. The van der Waals surface area contributed by atoms with Crippen molar-refractivity contribution in [1.82, 2.24) is 9.03 Å².